The van der Waals surface area contributed by atoms with Crippen LogP contribution in [0.25, 0.3) is 253 Å². The molecule has 0 amide bonds. The first-order valence-corrected chi connectivity index (χ1v) is 41.6. The third kappa shape index (κ3) is 11.3. The van der Waals surface area contributed by atoms with Crippen molar-refractivity contribution in [3.8, 4) is 100 Å². The van der Waals surface area contributed by atoms with Crippen molar-refractivity contribution in [1.82, 2.24) is 9.13 Å². The third-order valence-corrected chi connectivity index (χ3v) is 25.2. The molecule has 26 aromatic rings. The smallest absolute Gasteiger partial charge is 0.143 e. The number of furan rings is 4. The van der Waals surface area contributed by atoms with Gasteiger partial charge in [0, 0.05) is 86.9 Å². The second kappa shape index (κ2) is 27.7. The Morgan fingerprint density at radius 3 is 0.828 bits per heavy atom. The van der Waals surface area contributed by atoms with E-state index in [2.05, 4.69) is 385 Å². The molecule has 0 unspecified atom stereocenters. The van der Waals surface area contributed by atoms with Crippen molar-refractivity contribution in [2.75, 3.05) is 0 Å². The van der Waals surface area contributed by atoms with Crippen LogP contribution in [0.3, 0.4) is 0 Å². The minimum absolute atomic E-state index is 0.892. The van der Waals surface area contributed by atoms with Crippen LogP contribution in [0.1, 0.15) is 0 Å². The number of hydrogen-bond acceptors (Lipinski definition) is 4. The third-order valence-electron chi connectivity index (χ3n) is 25.2. The number of nitrogens with zero attached hydrogens (tertiary/aromatic N) is 2. The van der Waals surface area contributed by atoms with E-state index in [9.17, 15) is 0 Å². The van der Waals surface area contributed by atoms with Crippen molar-refractivity contribution in [2.24, 2.45) is 0 Å². The van der Waals surface area contributed by atoms with Gasteiger partial charge >= 0.3 is 0 Å². The molecule has 0 saturated heterocycles. The maximum absolute atomic E-state index is 6.58. The summed E-state index contributed by atoms with van der Waals surface area (Å²) in [5.41, 5.74) is 32.5. The summed E-state index contributed by atoms with van der Waals surface area (Å²) in [4.78, 5) is 0. The first-order valence-electron chi connectivity index (χ1n) is 41.6. The average Bonchev–Trinajstić information content (AvgIpc) is 1.57. The van der Waals surface area contributed by atoms with Gasteiger partial charge in [0.05, 0.1) is 33.4 Å². The van der Waals surface area contributed by atoms with E-state index in [1.165, 1.54) is 82.3 Å². The van der Waals surface area contributed by atoms with Gasteiger partial charge in [0.2, 0.25) is 0 Å². The highest BCUT2D eigenvalue weighted by Crippen LogP contribution is 2.47. The summed E-state index contributed by atoms with van der Waals surface area (Å²) in [6.07, 6.45) is 0. The van der Waals surface area contributed by atoms with E-state index in [0.29, 0.717) is 0 Å². The average molecular weight is 1560 g/mol. The van der Waals surface area contributed by atoms with Crippen LogP contribution in [0, 0.1) is 0 Å². The monoisotopic (exact) mass is 1550 g/mol. The van der Waals surface area contributed by atoms with Crippen molar-refractivity contribution < 1.29 is 17.7 Å². The van der Waals surface area contributed by atoms with Crippen LogP contribution >= 0.6 is 0 Å². The Labute approximate surface area is 700 Å². The summed E-state index contributed by atoms with van der Waals surface area (Å²) in [5, 5.41) is 18.8. The van der Waals surface area contributed by atoms with E-state index < -0.39 is 0 Å². The van der Waals surface area contributed by atoms with Crippen LogP contribution in [0.5, 0.6) is 0 Å². The lowest BCUT2D eigenvalue weighted by Crippen LogP contribution is -1.97. The minimum Gasteiger partial charge on any atom is -0.456 e. The van der Waals surface area contributed by atoms with Gasteiger partial charge in [0.15, 0.2) is 0 Å². The van der Waals surface area contributed by atoms with Gasteiger partial charge in [-0.3, -0.25) is 0 Å². The van der Waals surface area contributed by atoms with Gasteiger partial charge in [0.1, 0.15) is 44.7 Å². The molecule has 0 radical (unpaired) electrons. The van der Waals surface area contributed by atoms with Crippen molar-refractivity contribution in [2.45, 2.75) is 0 Å². The zero-order chi connectivity index (χ0) is 80.0. The Bertz CT molecular complexity index is 8510. The summed E-state index contributed by atoms with van der Waals surface area (Å²) in [6, 6.07) is 153. The molecule has 26 rings (SSSR count). The fourth-order valence-electron chi connectivity index (χ4n) is 19.3. The number of hydrogen-bond donors (Lipinski definition) is 0. The lowest BCUT2D eigenvalue weighted by Gasteiger charge is -2.15. The van der Waals surface area contributed by atoms with Crippen LogP contribution < -0.4 is 0 Å². The van der Waals surface area contributed by atoms with Crippen molar-refractivity contribution in [1.29, 1.82) is 0 Å². The van der Waals surface area contributed by atoms with Gasteiger partial charge in [-0.25, -0.2) is 0 Å². The molecular formula is C116H70N2O4. The predicted octanol–water partition coefficient (Wildman–Crippen LogP) is 32.8. The van der Waals surface area contributed by atoms with E-state index in [0.717, 1.165) is 171 Å². The predicted molar refractivity (Wildman–Crippen MR) is 509 cm³/mol. The number of para-hydroxylation sites is 8. The second-order valence-corrected chi connectivity index (χ2v) is 32.1. The second-order valence-electron chi connectivity index (χ2n) is 32.1. The molecule has 0 bridgehead atoms. The lowest BCUT2D eigenvalue weighted by molar-refractivity contribution is 0.668. The summed E-state index contributed by atoms with van der Waals surface area (Å²) >= 11 is 0. The molecule has 6 aromatic heterocycles. The molecule has 122 heavy (non-hydrogen) atoms. The van der Waals surface area contributed by atoms with Crippen LogP contribution in [-0.2, 0) is 0 Å². The number of aromatic nitrogens is 2. The molecule has 0 spiro atoms. The topological polar surface area (TPSA) is 62.4 Å². The fraction of sp³-hybridized carbons (Fsp3) is 0. The van der Waals surface area contributed by atoms with Gasteiger partial charge < -0.3 is 26.8 Å². The Morgan fingerprint density at radius 2 is 0.402 bits per heavy atom. The molecule has 0 aliphatic carbocycles. The first kappa shape index (κ1) is 68.9. The van der Waals surface area contributed by atoms with Crippen LogP contribution in [0.4, 0.5) is 0 Å². The standard InChI is InChI=1S/C60H35NO3.C56H35NO/c1-5-22-52(41(14-1)38-13-9-12-36(32-38)37-28-31-58-51(33-37)46-17-4-6-23-55(46)62-58)61-53-29-26-39(42-18-10-20-47-44-15-2-7-24-56(44)63-59(42)47)34-49(53)50-35-40(27-30-54(50)61)43-19-11-21-48-45-16-3-8-25-57(45)64-60(43)48;1-3-12-38-30-41(22-20-36(38)10-1)43-24-27-53-49(33-43)50-34-44(42-23-21-37-11-2-4-13-39(37)31-42)25-28-54(50)57(53)52-18-7-5-16-47(52)46-15-9-14-40(32-46)45-26-29-56-51(35-45)48-17-6-8-19-55(48)58-56/h1-35H;1-35H. The maximum Gasteiger partial charge on any atom is 0.143 e. The molecule has 6 heterocycles. The lowest BCUT2D eigenvalue weighted by atomic mass is 9.97. The van der Waals surface area contributed by atoms with Crippen molar-refractivity contribution in [3.63, 3.8) is 0 Å². The Morgan fingerprint density at radius 1 is 0.139 bits per heavy atom. The summed E-state index contributed by atoms with van der Waals surface area (Å²) in [7, 11) is 0. The fourth-order valence-corrected chi connectivity index (χ4v) is 19.3. The summed E-state index contributed by atoms with van der Waals surface area (Å²) < 4.78 is 30.4. The van der Waals surface area contributed by atoms with E-state index >= 15 is 0 Å². The summed E-state index contributed by atoms with van der Waals surface area (Å²) in [6.45, 7) is 0. The highest BCUT2D eigenvalue weighted by atomic mass is 16.3. The normalized spacial score (nSPS) is 11.9. The SMILES string of the molecule is c1cc(-c2ccc3oc4ccccc4c3c2)cc(-c2ccccc2-n2c3ccc(-c4ccc5ccccc5c4)cc3c3cc(-c4ccc5ccccc5c4)ccc32)c1.c1cc(-c2ccc3oc4ccccc4c3c2)cc(-c2ccccc2-n2c3ccc(-c4cccc5c4oc4ccccc45)cc3c3cc(-c4cccc5c4oc4ccccc45)ccc32)c1. The van der Waals surface area contributed by atoms with Gasteiger partial charge in [-0.2, -0.15) is 0 Å². The highest BCUT2D eigenvalue weighted by Gasteiger charge is 2.24. The van der Waals surface area contributed by atoms with Crippen LogP contribution in [-0.4, -0.2) is 9.13 Å². The van der Waals surface area contributed by atoms with Crippen molar-refractivity contribution >= 4 is 153 Å². The molecule has 0 fully saturated rings. The minimum atomic E-state index is 0.892. The molecule has 20 aromatic carbocycles. The van der Waals surface area contributed by atoms with Gasteiger partial charge in [0.25, 0.3) is 0 Å². The van der Waals surface area contributed by atoms with E-state index in [4.69, 9.17) is 17.7 Å². The largest absolute Gasteiger partial charge is 0.456 e. The van der Waals surface area contributed by atoms with Gasteiger partial charge in [-0.1, -0.05) is 291 Å². The molecule has 0 N–H and O–H groups in total. The molecule has 0 aliphatic heterocycles. The molecule has 568 valence electrons. The first-order chi connectivity index (χ1) is 60.4. The highest BCUT2D eigenvalue weighted by molar-refractivity contribution is 6.18. The van der Waals surface area contributed by atoms with Crippen LogP contribution in [0.2, 0.25) is 0 Å². The van der Waals surface area contributed by atoms with Crippen molar-refractivity contribution in [3.05, 3.63) is 425 Å². The van der Waals surface area contributed by atoms with Gasteiger partial charge in [-0.05, 0) is 222 Å². The Hall–Kier alpha value is -16.3. The van der Waals surface area contributed by atoms with Gasteiger partial charge in [-0.15, -0.1) is 0 Å². The molecule has 0 saturated carbocycles. The zero-order valence-corrected chi connectivity index (χ0v) is 65.9. The Balaban J connectivity index is 0.000000135. The Kier molecular flexibility index (Phi) is 15.6. The molecule has 6 nitrogen and oxygen atoms in total. The zero-order valence-electron chi connectivity index (χ0n) is 65.9. The molecule has 6 heteroatoms. The van der Waals surface area contributed by atoms with E-state index in [1.54, 1.807) is 0 Å². The molecular weight excluding hydrogens is 1490 g/mol. The number of rotatable bonds is 10. The van der Waals surface area contributed by atoms with E-state index in [-0.39, 0.29) is 0 Å². The molecule has 0 aliphatic rings. The summed E-state index contributed by atoms with van der Waals surface area (Å²) in [5.74, 6) is 0. The quantitative estimate of drug-likeness (QED) is 0.137. The van der Waals surface area contributed by atoms with Crippen LogP contribution in [0.15, 0.2) is 442 Å². The molecule has 0 atom stereocenters. The maximum atomic E-state index is 6.58. The van der Waals surface area contributed by atoms with E-state index in [1.807, 2.05) is 48.5 Å². The number of fused-ring (bicyclic) bond motifs is 20. The number of benzene rings is 20.